The first-order chi connectivity index (χ1) is 19.6. The Hall–Kier alpha value is -4.18. The van der Waals surface area contributed by atoms with Crippen molar-refractivity contribution in [1.29, 1.82) is 0 Å². The highest BCUT2D eigenvalue weighted by Crippen LogP contribution is 2.44. The number of hydrogen-bond donors (Lipinski definition) is 2. The fourth-order valence-electron chi connectivity index (χ4n) is 5.10. The summed E-state index contributed by atoms with van der Waals surface area (Å²) in [7, 11) is 3.87. The van der Waals surface area contributed by atoms with E-state index < -0.39 is 11.8 Å². The Morgan fingerprint density at radius 2 is 1.66 bits per heavy atom. The lowest BCUT2D eigenvalue weighted by Crippen LogP contribution is -2.48. The second-order valence-corrected chi connectivity index (χ2v) is 10.8. The minimum absolute atomic E-state index is 0.0242. The molecule has 0 atom stereocenters. The molecule has 3 N–H and O–H groups in total. The van der Waals surface area contributed by atoms with Gasteiger partial charge in [-0.2, -0.15) is 0 Å². The van der Waals surface area contributed by atoms with Gasteiger partial charge < -0.3 is 20.9 Å². The van der Waals surface area contributed by atoms with E-state index in [1.807, 2.05) is 54.6 Å². The largest absolute Gasteiger partial charge is 0.398 e. The number of nitrogens with zero attached hydrogens (tertiary/aromatic N) is 4. The fraction of sp³-hybridized carbons (Fsp3) is 0.258. The average molecular weight is 573 g/mol. The Bertz CT molecular complexity index is 1510. The summed E-state index contributed by atoms with van der Waals surface area (Å²) in [6, 6.07) is 20.0. The molecule has 0 unspecified atom stereocenters. The third-order valence-electron chi connectivity index (χ3n) is 7.52. The Morgan fingerprint density at radius 3 is 2.29 bits per heavy atom. The van der Waals surface area contributed by atoms with Crippen LogP contribution in [0, 0.1) is 0 Å². The van der Waals surface area contributed by atoms with Gasteiger partial charge in [0.2, 0.25) is 11.8 Å². The monoisotopic (exact) mass is 572 g/mol. The number of carbonyl (C=O) groups is 3. The number of rotatable bonds is 6. The van der Waals surface area contributed by atoms with Gasteiger partial charge in [-0.25, -0.2) is 4.90 Å². The van der Waals surface area contributed by atoms with E-state index in [0.717, 1.165) is 42.3 Å². The first-order valence-corrected chi connectivity index (χ1v) is 13.8. The number of halogens is 1. The van der Waals surface area contributed by atoms with Gasteiger partial charge in [0, 0.05) is 57.1 Å². The molecule has 0 spiro atoms. The Kier molecular flexibility index (Phi) is 8.12. The molecule has 0 saturated carbocycles. The predicted molar refractivity (Wildman–Crippen MR) is 165 cm³/mol. The van der Waals surface area contributed by atoms with Gasteiger partial charge in [-0.3, -0.25) is 19.3 Å². The predicted octanol–water partition coefficient (Wildman–Crippen LogP) is 4.01. The summed E-state index contributed by atoms with van der Waals surface area (Å²) in [6.07, 6.45) is 0. The van der Waals surface area contributed by atoms with Crippen molar-refractivity contribution in [2.75, 3.05) is 67.7 Å². The van der Waals surface area contributed by atoms with E-state index >= 15 is 0 Å². The zero-order valence-corrected chi connectivity index (χ0v) is 24.1. The van der Waals surface area contributed by atoms with Crippen LogP contribution in [-0.2, 0) is 14.4 Å². The van der Waals surface area contributed by atoms with Crippen LogP contribution in [-0.4, -0.2) is 74.3 Å². The Morgan fingerprint density at radius 1 is 1.00 bits per heavy atom. The number of anilines is 4. The summed E-state index contributed by atoms with van der Waals surface area (Å²) >= 11 is 6.27. The summed E-state index contributed by atoms with van der Waals surface area (Å²) in [6.45, 7) is 5.36. The van der Waals surface area contributed by atoms with Crippen LogP contribution in [0.5, 0.6) is 0 Å². The zero-order valence-electron chi connectivity index (χ0n) is 23.4. The lowest BCUT2D eigenvalue weighted by molar-refractivity contribution is -0.122. The third kappa shape index (κ3) is 5.83. The quantitative estimate of drug-likeness (QED) is 0.340. The molecular weight excluding hydrogens is 540 g/mol. The summed E-state index contributed by atoms with van der Waals surface area (Å²) in [5.41, 5.74) is 10.4. The summed E-state index contributed by atoms with van der Waals surface area (Å²) in [5.74, 6) is -0.865. The van der Waals surface area contributed by atoms with Gasteiger partial charge in [-0.15, -0.1) is 0 Å². The van der Waals surface area contributed by atoms with E-state index in [-0.39, 0.29) is 10.9 Å². The zero-order chi connectivity index (χ0) is 29.3. The molecule has 212 valence electrons. The average Bonchev–Trinajstić information content (AvgIpc) is 3.24. The number of benzene rings is 3. The SMILES string of the molecule is CC(=O)N1C(=O)/C(=C(\Nc2ccc(N(C)C(=O)CN3CCN(C)CC3)cc2)c2ccccc2)c2cc(N)c(Cl)cc21. The maximum Gasteiger partial charge on any atom is 0.267 e. The van der Waals surface area contributed by atoms with Crippen LogP contribution < -0.4 is 20.9 Å². The van der Waals surface area contributed by atoms with Crippen molar-refractivity contribution in [3.8, 4) is 0 Å². The molecule has 0 aliphatic carbocycles. The molecule has 0 bridgehead atoms. The first-order valence-electron chi connectivity index (χ1n) is 13.4. The van der Waals surface area contributed by atoms with E-state index in [2.05, 4.69) is 22.2 Å². The second kappa shape index (κ2) is 11.7. The molecule has 9 nitrogen and oxygen atoms in total. The van der Waals surface area contributed by atoms with Crippen molar-refractivity contribution in [2.45, 2.75) is 6.92 Å². The van der Waals surface area contributed by atoms with Crippen LogP contribution in [0.2, 0.25) is 5.02 Å². The van der Waals surface area contributed by atoms with Crippen molar-refractivity contribution in [2.24, 2.45) is 0 Å². The van der Waals surface area contributed by atoms with Gasteiger partial charge in [-0.1, -0.05) is 41.9 Å². The number of nitrogens with two attached hydrogens (primary N) is 1. The number of piperazine rings is 1. The number of carbonyl (C=O) groups excluding carboxylic acids is 3. The first kappa shape index (κ1) is 28.4. The van der Waals surface area contributed by atoms with Crippen molar-refractivity contribution in [3.05, 3.63) is 82.9 Å². The summed E-state index contributed by atoms with van der Waals surface area (Å²) < 4.78 is 0. The smallest absolute Gasteiger partial charge is 0.267 e. The number of nitrogen functional groups attached to an aromatic ring is 1. The van der Waals surface area contributed by atoms with Crippen molar-refractivity contribution < 1.29 is 14.4 Å². The molecule has 0 radical (unpaired) electrons. The molecule has 5 rings (SSSR count). The van der Waals surface area contributed by atoms with Gasteiger partial charge in [-0.05, 0) is 49.0 Å². The molecule has 2 aliphatic rings. The van der Waals surface area contributed by atoms with Gasteiger partial charge in [0.15, 0.2) is 0 Å². The molecule has 10 heteroatoms. The second-order valence-electron chi connectivity index (χ2n) is 10.4. The maximum atomic E-state index is 13.7. The van der Waals surface area contributed by atoms with E-state index in [9.17, 15) is 14.4 Å². The molecule has 3 aromatic carbocycles. The Balaban J connectivity index is 1.46. The highest BCUT2D eigenvalue weighted by atomic mass is 35.5. The third-order valence-corrected chi connectivity index (χ3v) is 7.85. The van der Waals surface area contributed by atoms with E-state index in [0.29, 0.717) is 40.4 Å². The van der Waals surface area contributed by atoms with Crippen molar-refractivity contribution >= 4 is 63.3 Å². The highest BCUT2D eigenvalue weighted by Gasteiger charge is 2.38. The Labute approximate surface area is 244 Å². The standard InChI is InChI=1S/C31H33ClN6O3/c1-20(39)38-27-18-25(32)26(33)17-24(27)29(31(38)41)30(21-7-5-4-6-8-21)34-22-9-11-23(12-10-22)36(3)28(40)19-37-15-13-35(2)14-16-37/h4-12,17-18,34H,13-16,19,33H2,1-3H3/b30-29-. The molecule has 1 fully saturated rings. The van der Waals surface area contributed by atoms with Gasteiger partial charge >= 0.3 is 0 Å². The van der Waals surface area contributed by atoms with Gasteiger partial charge in [0.25, 0.3) is 5.91 Å². The normalized spacial score (nSPS) is 16.9. The van der Waals surface area contributed by atoms with Crippen LogP contribution in [0.25, 0.3) is 11.3 Å². The molecule has 2 heterocycles. The van der Waals surface area contributed by atoms with Gasteiger partial charge in [0.1, 0.15) is 0 Å². The lowest BCUT2D eigenvalue weighted by atomic mass is 9.99. The molecule has 1 saturated heterocycles. The fourth-order valence-corrected chi connectivity index (χ4v) is 5.26. The number of amides is 3. The van der Waals surface area contributed by atoms with Crippen LogP contribution in [0.1, 0.15) is 18.1 Å². The van der Waals surface area contributed by atoms with Crippen LogP contribution in [0.3, 0.4) is 0 Å². The lowest BCUT2D eigenvalue weighted by Gasteiger charge is -2.32. The van der Waals surface area contributed by atoms with Crippen molar-refractivity contribution in [3.63, 3.8) is 0 Å². The maximum absolute atomic E-state index is 13.7. The summed E-state index contributed by atoms with van der Waals surface area (Å²) in [5, 5.41) is 3.66. The van der Waals surface area contributed by atoms with E-state index in [4.69, 9.17) is 17.3 Å². The molecule has 3 aromatic rings. The number of fused-ring (bicyclic) bond motifs is 1. The molecule has 41 heavy (non-hydrogen) atoms. The van der Waals surface area contributed by atoms with Crippen molar-refractivity contribution in [1.82, 2.24) is 9.80 Å². The van der Waals surface area contributed by atoms with Gasteiger partial charge in [0.05, 0.1) is 34.2 Å². The highest BCUT2D eigenvalue weighted by molar-refractivity contribution is 6.44. The topological polar surface area (TPSA) is 102 Å². The number of nitrogens with one attached hydrogen (secondary N) is 1. The molecule has 0 aromatic heterocycles. The number of imide groups is 1. The number of likely N-dealkylation sites (N-methyl/N-ethyl adjacent to an activating group) is 2. The minimum atomic E-state index is -0.466. The minimum Gasteiger partial charge on any atom is -0.398 e. The van der Waals surface area contributed by atoms with Crippen LogP contribution in [0.15, 0.2) is 66.7 Å². The van der Waals surface area contributed by atoms with E-state index in [1.165, 1.54) is 6.92 Å². The van der Waals surface area contributed by atoms with E-state index in [1.54, 1.807) is 24.1 Å². The molecular formula is C31H33ClN6O3. The molecule has 2 aliphatic heterocycles. The van der Waals surface area contributed by atoms with Crippen LogP contribution in [0.4, 0.5) is 22.7 Å². The van der Waals surface area contributed by atoms with Crippen LogP contribution >= 0.6 is 11.6 Å². The summed E-state index contributed by atoms with van der Waals surface area (Å²) in [4.78, 5) is 46.4. The number of hydrogen-bond acceptors (Lipinski definition) is 7. The molecule has 3 amide bonds.